The van der Waals surface area contributed by atoms with Crippen LogP contribution in [0.3, 0.4) is 0 Å². The summed E-state index contributed by atoms with van der Waals surface area (Å²) in [6.45, 7) is 7.28. The SMILES string of the molecule is C=C/C=C(\C=C)Oc1cccc(CBr)c1.CN. The third-order valence-electron chi connectivity index (χ3n) is 1.77. The van der Waals surface area contributed by atoms with E-state index in [0.717, 1.165) is 11.1 Å². The molecule has 0 aromatic heterocycles. The maximum absolute atomic E-state index is 5.60. The Morgan fingerprint density at radius 1 is 1.41 bits per heavy atom. The molecule has 0 saturated carbocycles. The molecule has 2 nitrogen and oxygen atoms in total. The van der Waals surface area contributed by atoms with Gasteiger partial charge < -0.3 is 10.5 Å². The Morgan fingerprint density at radius 3 is 2.65 bits per heavy atom. The Morgan fingerprint density at radius 2 is 2.12 bits per heavy atom. The first-order chi connectivity index (χ1) is 8.30. The summed E-state index contributed by atoms with van der Waals surface area (Å²) in [5, 5.41) is 0.818. The third kappa shape index (κ3) is 6.09. The topological polar surface area (TPSA) is 35.2 Å². The van der Waals surface area contributed by atoms with Crippen LogP contribution in [0.5, 0.6) is 5.75 Å². The Balaban J connectivity index is 0.00000121. The second-order valence-corrected chi connectivity index (χ2v) is 3.45. The van der Waals surface area contributed by atoms with Crippen molar-refractivity contribution in [3.05, 3.63) is 67.0 Å². The van der Waals surface area contributed by atoms with E-state index in [-0.39, 0.29) is 0 Å². The first kappa shape index (κ1) is 15.7. The van der Waals surface area contributed by atoms with E-state index in [4.69, 9.17) is 4.74 Å². The smallest absolute Gasteiger partial charge is 0.127 e. The number of rotatable bonds is 5. The van der Waals surface area contributed by atoms with Crippen LogP contribution < -0.4 is 10.5 Å². The highest BCUT2D eigenvalue weighted by Gasteiger charge is 1.97. The van der Waals surface area contributed by atoms with Crippen LogP contribution >= 0.6 is 15.9 Å². The molecule has 0 aliphatic heterocycles. The van der Waals surface area contributed by atoms with Crippen LogP contribution in [-0.4, -0.2) is 7.05 Å². The predicted octanol–water partition coefficient (Wildman–Crippen LogP) is 3.79. The van der Waals surface area contributed by atoms with Crippen LogP contribution in [-0.2, 0) is 5.33 Å². The molecular formula is C14H18BrNO. The van der Waals surface area contributed by atoms with Gasteiger partial charge >= 0.3 is 0 Å². The van der Waals surface area contributed by atoms with Crippen LogP contribution in [0.1, 0.15) is 5.56 Å². The monoisotopic (exact) mass is 295 g/mol. The van der Waals surface area contributed by atoms with Gasteiger partial charge in [-0.1, -0.05) is 47.3 Å². The second kappa shape index (κ2) is 9.87. The molecule has 0 unspecified atom stereocenters. The maximum atomic E-state index is 5.60. The Hall–Kier alpha value is -1.32. The van der Waals surface area contributed by atoms with Gasteiger partial charge in [-0.2, -0.15) is 0 Å². The van der Waals surface area contributed by atoms with E-state index >= 15 is 0 Å². The number of hydrogen-bond donors (Lipinski definition) is 1. The molecule has 92 valence electrons. The summed E-state index contributed by atoms with van der Waals surface area (Å²) in [6, 6.07) is 7.88. The molecule has 0 radical (unpaired) electrons. The summed E-state index contributed by atoms with van der Waals surface area (Å²) in [7, 11) is 1.50. The number of halogens is 1. The minimum Gasteiger partial charge on any atom is -0.457 e. The molecule has 2 N–H and O–H groups in total. The normalized spacial score (nSPS) is 9.94. The lowest BCUT2D eigenvalue weighted by Gasteiger charge is -2.06. The first-order valence-corrected chi connectivity index (χ1v) is 6.28. The van der Waals surface area contributed by atoms with Crippen molar-refractivity contribution in [3.63, 3.8) is 0 Å². The fourth-order valence-electron chi connectivity index (χ4n) is 1.09. The summed E-state index contributed by atoms with van der Waals surface area (Å²) < 4.78 is 5.60. The van der Waals surface area contributed by atoms with E-state index in [0.29, 0.717) is 5.76 Å². The van der Waals surface area contributed by atoms with E-state index in [9.17, 15) is 0 Å². The number of hydrogen-bond acceptors (Lipinski definition) is 2. The van der Waals surface area contributed by atoms with Gasteiger partial charge in [0.05, 0.1) is 0 Å². The predicted molar refractivity (Wildman–Crippen MR) is 78.3 cm³/mol. The van der Waals surface area contributed by atoms with E-state index in [1.54, 1.807) is 18.2 Å². The summed E-state index contributed by atoms with van der Waals surface area (Å²) in [5.41, 5.74) is 5.68. The van der Waals surface area contributed by atoms with Gasteiger partial charge in [0.15, 0.2) is 0 Å². The molecule has 0 saturated heterocycles. The van der Waals surface area contributed by atoms with E-state index < -0.39 is 0 Å². The zero-order valence-corrected chi connectivity index (χ0v) is 11.6. The molecule has 0 heterocycles. The van der Waals surface area contributed by atoms with Gasteiger partial charge in [-0.15, -0.1) is 0 Å². The van der Waals surface area contributed by atoms with E-state index in [2.05, 4.69) is 34.8 Å². The van der Waals surface area contributed by atoms with Crippen molar-refractivity contribution in [1.82, 2.24) is 0 Å². The summed E-state index contributed by atoms with van der Waals surface area (Å²) in [5.74, 6) is 1.50. The van der Waals surface area contributed by atoms with E-state index in [1.807, 2.05) is 24.3 Å². The average molecular weight is 296 g/mol. The Labute approximate surface area is 112 Å². The summed E-state index contributed by atoms with van der Waals surface area (Å²) >= 11 is 3.40. The molecule has 0 bridgehead atoms. The van der Waals surface area contributed by atoms with Crippen molar-refractivity contribution >= 4 is 15.9 Å². The lowest BCUT2D eigenvalue weighted by molar-refractivity contribution is 0.444. The number of alkyl halides is 1. The molecule has 0 aliphatic carbocycles. The molecule has 0 fully saturated rings. The lowest BCUT2D eigenvalue weighted by Crippen LogP contribution is -1.91. The molecule has 0 aliphatic rings. The van der Waals surface area contributed by atoms with Crippen LogP contribution in [0.15, 0.2) is 61.4 Å². The summed E-state index contributed by atoms with van der Waals surface area (Å²) in [6.07, 6.45) is 5.10. The van der Waals surface area contributed by atoms with Gasteiger partial charge in [0.1, 0.15) is 11.5 Å². The highest BCUT2D eigenvalue weighted by molar-refractivity contribution is 9.08. The molecule has 1 aromatic rings. The third-order valence-corrected chi connectivity index (χ3v) is 2.42. The fraction of sp³-hybridized carbons (Fsp3) is 0.143. The molecule has 0 amide bonds. The molecule has 0 spiro atoms. The fourth-order valence-corrected chi connectivity index (χ4v) is 1.44. The van der Waals surface area contributed by atoms with Gasteiger partial charge in [-0.3, -0.25) is 0 Å². The van der Waals surface area contributed by atoms with Crippen molar-refractivity contribution in [1.29, 1.82) is 0 Å². The lowest BCUT2D eigenvalue weighted by atomic mass is 10.2. The minimum absolute atomic E-state index is 0.691. The molecule has 1 aromatic carbocycles. The van der Waals surface area contributed by atoms with Crippen LogP contribution in [0.2, 0.25) is 0 Å². The van der Waals surface area contributed by atoms with Gasteiger partial charge in [0.2, 0.25) is 0 Å². The highest BCUT2D eigenvalue weighted by atomic mass is 79.9. The number of nitrogens with two attached hydrogens (primary N) is 1. The van der Waals surface area contributed by atoms with Crippen molar-refractivity contribution in [2.24, 2.45) is 5.73 Å². The Bertz CT molecular complexity index is 386. The van der Waals surface area contributed by atoms with Crippen LogP contribution in [0, 0.1) is 0 Å². The van der Waals surface area contributed by atoms with Crippen molar-refractivity contribution in [3.8, 4) is 5.75 Å². The number of ether oxygens (including phenoxy) is 1. The molecule has 17 heavy (non-hydrogen) atoms. The zero-order chi connectivity index (χ0) is 13.1. The van der Waals surface area contributed by atoms with Crippen molar-refractivity contribution in [2.75, 3.05) is 7.05 Å². The van der Waals surface area contributed by atoms with Gasteiger partial charge in [-0.25, -0.2) is 0 Å². The van der Waals surface area contributed by atoms with Crippen LogP contribution in [0.25, 0.3) is 0 Å². The molecule has 0 atom stereocenters. The van der Waals surface area contributed by atoms with Crippen molar-refractivity contribution < 1.29 is 4.74 Å². The number of benzene rings is 1. The van der Waals surface area contributed by atoms with Gasteiger partial charge in [-0.05, 0) is 36.9 Å². The van der Waals surface area contributed by atoms with E-state index in [1.165, 1.54) is 12.6 Å². The largest absolute Gasteiger partial charge is 0.457 e. The van der Waals surface area contributed by atoms with Gasteiger partial charge in [0, 0.05) is 5.33 Å². The standard InChI is InChI=1S/C13H13BrO.CH5N/c1-3-6-12(4-2)15-13-8-5-7-11(9-13)10-14;1-2/h3-9H,1-2,10H2;2H2,1H3/b12-6+;. The quantitative estimate of drug-likeness (QED) is 0.510. The number of allylic oxidation sites excluding steroid dienone is 3. The molecule has 1 rings (SSSR count). The second-order valence-electron chi connectivity index (χ2n) is 2.89. The van der Waals surface area contributed by atoms with Gasteiger partial charge in [0.25, 0.3) is 0 Å². The van der Waals surface area contributed by atoms with Crippen LogP contribution in [0.4, 0.5) is 0 Å². The zero-order valence-electron chi connectivity index (χ0n) is 10.0. The summed E-state index contributed by atoms with van der Waals surface area (Å²) in [4.78, 5) is 0. The minimum atomic E-state index is 0.691. The Kier molecular flexibility index (Phi) is 9.11. The molecule has 3 heteroatoms. The highest BCUT2D eigenvalue weighted by Crippen LogP contribution is 2.18. The maximum Gasteiger partial charge on any atom is 0.127 e. The average Bonchev–Trinajstić information content (AvgIpc) is 2.40. The first-order valence-electron chi connectivity index (χ1n) is 5.15. The van der Waals surface area contributed by atoms with Crippen molar-refractivity contribution in [2.45, 2.75) is 5.33 Å². The molecular weight excluding hydrogens is 278 g/mol.